The number of unbranched alkanes of at least 4 members (excludes halogenated alkanes) is 1. The average Bonchev–Trinajstić information content (AvgIpc) is 2.73. The predicted molar refractivity (Wildman–Crippen MR) is 72.0 cm³/mol. The lowest BCUT2D eigenvalue weighted by Gasteiger charge is -2.15. The largest absolute Gasteiger partial charge is 0.379 e. The van der Waals surface area contributed by atoms with E-state index in [9.17, 15) is 4.79 Å². The molecule has 0 amide bonds. The molecule has 1 aliphatic carbocycles. The first kappa shape index (κ1) is 13.3. The Kier molecular flexibility index (Phi) is 4.59. The summed E-state index contributed by atoms with van der Waals surface area (Å²) in [7, 11) is 0. The van der Waals surface area contributed by atoms with E-state index in [0.29, 0.717) is 11.9 Å². The Morgan fingerprint density at radius 3 is 2.94 bits per heavy atom. The number of nitrogens with zero attached hydrogens (tertiary/aromatic N) is 1. The Hall–Kier alpha value is -1.09. The normalized spacial score (nSPS) is 15.2. The van der Waals surface area contributed by atoms with E-state index in [2.05, 4.69) is 24.6 Å². The second-order valence-electron chi connectivity index (χ2n) is 5.27. The summed E-state index contributed by atoms with van der Waals surface area (Å²) in [5.41, 5.74) is 2.20. The van der Waals surface area contributed by atoms with E-state index < -0.39 is 0 Å². The number of Topliss-reactive ketones (excluding diaryl/α,β-unsaturated/α-hetero) is 1. The molecule has 1 aromatic rings. The maximum atomic E-state index is 11.7. The number of hydrogen-bond acceptors (Lipinski definition) is 2. The monoisotopic (exact) mass is 249 g/mol. The standard InChI is InChI=1S/C15H23NO2/c1-12(2)18-11-4-3-9-16-10-8-13-14(16)6-5-7-15(13)17/h8,10,12H,3-7,9,11H2,1-2H3. The number of carbonyl (C=O) groups excluding carboxylic acids is 1. The molecule has 0 spiro atoms. The van der Waals surface area contributed by atoms with E-state index in [4.69, 9.17) is 4.74 Å². The molecule has 0 unspecified atom stereocenters. The van der Waals surface area contributed by atoms with Crippen molar-refractivity contribution in [1.82, 2.24) is 4.57 Å². The summed E-state index contributed by atoms with van der Waals surface area (Å²) in [5.74, 6) is 0.318. The van der Waals surface area contributed by atoms with Crippen LogP contribution in [0, 0.1) is 0 Å². The zero-order chi connectivity index (χ0) is 13.0. The van der Waals surface area contributed by atoms with Gasteiger partial charge in [-0.3, -0.25) is 4.79 Å². The Morgan fingerprint density at radius 2 is 2.17 bits per heavy atom. The lowest BCUT2D eigenvalue weighted by molar-refractivity contribution is 0.0754. The molecular weight excluding hydrogens is 226 g/mol. The van der Waals surface area contributed by atoms with Crippen LogP contribution in [-0.2, 0) is 17.7 Å². The number of rotatable bonds is 6. The molecule has 0 atom stereocenters. The van der Waals surface area contributed by atoms with Crippen molar-refractivity contribution in [2.24, 2.45) is 0 Å². The molecule has 100 valence electrons. The summed E-state index contributed by atoms with van der Waals surface area (Å²) in [6.45, 7) is 5.96. The fourth-order valence-corrected chi connectivity index (χ4v) is 2.50. The van der Waals surface area contributed by atoms with Crippen molar-refractivity contribution >= 4 is 5.78 Å². The Balaban J connectivity index is 1.82. The van der Waals surface area contributed by atoms with Crippen LogP contribution >= 0.6 is 0 Å². The molecule has 2 rings (SSSR count). The Morgan fingerprint density at radius 1 is 1.33 bits per heavy atom. The number of fused-ring (bicyclic) bond motifs is 1. The molecule has 0 bridgehead atoms. The number of aryl methyl sites for hydroxylation is 1. The number of ketones is 1. The summed E-state index contributed by atoms with van der Waals surface area (Å²) in [6.07, 6.45) is 7.36. The quantitative estimate of drug-likeness (QED) is 0.725. The molecule has 18 heavy (non-hydrogen) atoms. The highest BCUT2D eigenvalue weighted by molar-refractivity contribution is 5.98. The van der Waals surface area contributed by atoms with Crippen LogP contribution in [0.5, 0.6) is 0 Å². The number of ether oxygens (including phenoxy) is 1. The van der Waals surface area contributed by atoms with Crippen LogP contribution in [0.2, 0.25) is 0 Å². The fourth-order valence-electron chi connectivity index (χ4n) is 2.50. The third-order valence-corrected chi connectivity index (χ3v) is 3.44. The first-order valence-electron chi connectivity index (χ1n) is 7.01. The van der Waals surface area contributed by atoms with E-state index >= 15 is 0 Å². The van der Waals surface area contributed by atoms with Gasteiger partial charge in [-0.05, 0) is 45.6 Å². The van der Waals surface area contributed by atoms with E-state index in [1.165, 1.54) is 5.69 Å². The van der Waals surface area contributed by atoms with Gasteiger partial charge in [-0.15, -0.1) is 0 Å². The zero-order valence-electron chi connectivity index (χ0n) is 11.4. The van der Waals surface area contributed by atoms with Gasteiger partial charge in [0.15, 0.2) is 5.78 Å². The van der Waals surface area contributed by atoms with Gasteiger partial charge in [0.25, 0.3) is 0 Å². The maximum Gasteiger partial charge on any atom is 0.164 e. The lowest BCUT2D eigenvalue weighted by atomic mass is 9.97. The van der Waals surface area contributed by atoms with Gasteiger partial charge in [-0.25, -0.2) is 0 Å². The summed E-state index contributed by atoms with van der Waals surface area (Å²) in [6, 6.07) is 1.99. The molecule has 0 saturated heterocycles. The van der Waals surface area contributed by atoms with Gasteiger partial charge in [0, 0.05) is 37.0 Å². The second-order valence-corrected chi connectivity index (χ2v) is 5.27. The smallest absolute Gasteiger partial charge is 0.164 e. The van der Waals surface area contributed by atoms with Crippen molar-refractivity contribution in [3.63, 3.8) is 0 Å². The maximum absolute atomic E-state index is 11.7. The first-order chi connectivity index (χ1) is 8.68. The van der Waals surface area contributed by atoms with E-state index in [1.54, 1.807) is 0 Å². The van der Waals surface area contributed by atoms with Gasteiger partial charge >= 0.3 is 0 Å². The van der Waals surface area contributed by atoms with Crippen molar-refractivity contribution in [1.29, 1.82) is 0 Å². The average molecular weight is 249 g/mol. The highest BCUT2D eigenvalue weighted by atomic mass is 16.5. The topological polar surface area (TPSA) is 31.2 Å². The number of aromatic nitrogens is 1. The molecule has 1 heterocycles. The van der Waals surface area contributed by atoms with Crippen molar-refractivity contribution in [3.05, 3.63) is 23.5 Å². The summed E-state index contributed by atoms with van der Waals surface area (Å²) in [5, 5.41) is 0. The molecular formula is C15H23NO2. The minimum atomic E-state index is 0.318. The van der Waals surface area contributed by atoms with Crippen molar-refractivity contribution in [2.45, 2.75) is 58.6 Å². The van der Waals surface area contributed by atoms with Gasteiger partial charge in [-0.1, -0.05) is 0 Å². The van der Waals surface area contributed by atoms with Gasteiger partial charge in [0.1, 0.15) is 0 Å². The second kappa shape index (κ2) is 6.19. The van der Waals surface area contributed by atoms with Gasteiger partial charge in [0.05, 0.1) is 6.10 Å². The molecule has 0 aliphatic heterocycles. The summed E-state index contributed by atoms with van der Waals surface area (Å²) >= 11 is 0. The molecule has 0 radical (unpaired) electrons. The lowest BCUT2D eigenvalue weighted by Crippen LogP contribution is -2.13. The fraction of sp³-hybridized carbons (Fsp3) is 0.667. The van der Waals surface area contributed by atoms with Crippen LogP contribution < -0.4 is 0 Å². The zero-order valence-corrected chi connectivity index (χ0v) is 11.4. The molecule has 0 N–H and O–H groups in total. The van der Waals surface area contributed by atoms with Crippen molar-refractivity contribution in [2.75, 3.05) is 6.61 Å². The number of hydrogen-bond donors (Lipinski definition) is 0. The third-order valence-electron chi connectivity index (χ3n) is 3.44. The van der Waals surface area contributed by atoms with Gasteiger partial charge in [0.2, 0.25) is 0 Å². The molecule has 1 aromatic heterocycles. The highest BCUT2D eigenvalue weighted by Crippen LogP contribution is 2.22. The van der Waals surface area contributed by atoms with E-state index in [-0.39, 0.29) is 0 Å². The van der Waals surface area contributed by atoms with Crippen molar-refractivity contribution < 1.29 is 9.53 Å². The summed E-state index contributed by atoms with van der Waals surface area (Å²) < 4.78 is 7.78. The van der Waals surface area contributed by atoms with Crippen molar-refractivity contribution in [3.8, 4) is 0 Å². The SMILES string of the molecule is CC(C)OCCCCn1ccc2c1CCCC2=O. The van der Waals surface area contributed by atoms with Gasteiger partial charge in [-0.2, -0.15) is 0 Å². The van der Waals surface area contributed by atoms with Crippen LogP contribution in [0.3, 0.4) is 0 Å². The summed E-state index contributed by atoms with van der Waals surface area (Å²) in [4.78, 5) is 11.7. The minimum absolute atomic E-state index is 0.318. The molecule has 3 heteroatoms. The van der Waals surface area contributed by atoms with Crippen LogP contribution in [0.25, 0.3) is 0 Å². The number of carbonyl (C=O) groups is 1. The minimum Gasteiger partial charge on any atom is -0.379 e. The predicted octanol–water partition coefficient (Wildman–Crippen LogP) is 3.21. The highest BCUT2D eigenvalue weighted by Gasteiger charge is 2.19. The molecule has 1 aliphatic rings. The van der Waals surface area contributed by atoms with Crippen LogP contribution in [-0.4, -0.2) is 23.1 Å². The van der Waals surface area contributed by atoms with Crippen LogP contribution in [0.4, 0.5) is 0 Å². The van der Waals surface area contributed by atoms with Crippen LogP contribution in [0.1, 0.15) is 55.6 Å². The Bertz CT molecular complexity index is 407. The first-order valence-corrected chi connectivity index (χ1v) is 7.01. The molecule has 3 nitrogen and oxygen atoms in total. The Labute approximate surface area is 109 Å². The van der Waals surface area contributed by atoms with Gasteiger partial charge < -0.3 is 9.30 Å². The molecule has 0 saturated carbocycles. The van der Waals surface area contributed by atoms with Crippen LogP contribution in [0.15, 0.2) is 12.3 Å². The third kappa shape index (κ3) is 3.22. The molecule has 0 fully saturated rings. The van der Waals surface area contributed by atoms with E-state index in [1.807, 2.05) is 6.07 Å². The molecule has 0 aromatic carbocycles. The van der Waals surface area contributed by atoms with E-state index in [0.717, 1.165) is 50.8 Å².